The maximum Gasteiger partial charge on any atom is 0.339 e. The van der Waals surface area contributed by atoms with Crippen LogP contribution in [0.3, 0.4) is 0 Å². The molecule has 0 saturated heterocycles. The summed E-state index contributed by atoms with van der Waals surface area (Å²) in [6, 6.07) is 11.0. The average Bonchev–Trinajstić information content (AvgIpc) is 2.95. The highest BCUT2D eigenvalue weighted by molar-refractivity contribution is 5.88. The van der Waals surface area contributed by atoms with Gasteiger partial charge in [0.1, 0.15) is 11.3 Å². The molecule has 0 aliphatic rings. The molecule has 0 aliphatic heterocycles. The lowest BCUT2D eigenvalue weighted by atomic mass is 10.2. The summed E-state index contributed by atoms with van der Waals surface area (Å²) in [4.78, 5) is 22.5. The predicted octanol–water partition coefficient (Wildman–Crippen LogP) is 1.38. The van der Waals surface area contributed by atoms with Crippen molar-refractivity contribution in [3.63, 3.8) is 0 Å². The molecule has 6 heteroatoms. The number of carbonyl (C=O) groups excluding carboxylic acids is 1. The Morgan fingerprint density at radius 3 is 2.57 bits per heavy atom. The van der Waals surface area contributed by atoms with Crippen molar-refractivity contribution in [2.45, 2.75) is 13.1 Å². The molecule has 0 fully saturated rings. The number of hydrogen-bond acceptors (Lipinski definition) is 4. The largest absolute Gasteiger partial charge is 0.478 e. The van der Waals surface area contributed by atoms with Crippen LogP contribution in [-0.4, -0.2) is 23.5 Å². The summed E-state index contributed by atoms with van der Waals surface area (Å²) in [6.45, 7) is 0.739. The SMILES string of the molecule is O=C(CNCc1occc1C(=O)O)NCc1ccccc1. The van der Waals surface area contributed by atoms with E-state index in [-0.39, 0.29) is 24.6 Å². The van der Waals surface area contributed by atoms with Crippen molar-refractivity contribution < 1.29 is 19.1 Å². The van der Waals surface area contributed by atoms with E-state index in [1.807, 2.05) is 30.3 Å². The second kappa shape index (κ2) is 7.25. The van der Waals surface area contributed by atoms with E-state index >= 15 is 0 Å². The van der Waals surface area contributed by atoms with E-state index in [4.69, 9.17) is 9.52 Å². The van der Waals surface area contributed by atoms with Crippen LogP contribution < -0.4 is 10.6 Å². The van der Waals surface area contributed by atoms with E-state index in [1.165, 1.54) is 12.3 Å². The number of amides is 1. The molecule has 1 heterocycles. The molecule has 0 aliphatic carbocycles. The Balaban J connectivity index is 1.72. The van der Waals surface area contributed by atoms with Gasteiger partial charge in [0.05, 0.1) is 19.4 Å². The summed E-state index contributed by atoms with van der Waals surface area (Å²) in [5.74, 6) is -0.908. The van der Waals surface area contributed by atoms with Crippen LogP contribution in [-0.2, 0) is 17.9 Å². The van der Waals surface area contributed by atoms with Gasteiger partial charge in [0, 0.05) is 6.54 Å². The Morgan fingerprint density at radius 1 is 1.10 bits per heavy atom. The maximum atomic E-state index is 11.6. The quantitative estimate of drug-likeness (QED) is 0.716. The second-order valence-electron chi connectivity index (χ2n) is 4.43. The lowest BCUT2D eigenvalue weighted by molar-refractivity contribution is -0.120. The third kappa shape index (κ3) is 4.47. The molecule has 0 spiro atoms. The highest BCUT2D eigenvalue weighted by Gasteiger charge is 2.13. The summed E-state index contributed by atoms with van der Waals surface area (Å²) in [7, 11) is 0. The average molecular weight is 288 g/mol. The van der Waals surface area contributed by atoms with Crippen LogP contribution in [0.25, 0.3) is 0 Å². The van der Waals surface area contributed by atoms with Gasteiger partial charge in [0.25, 0.3) is 0 Å². The van der Waals surface area contributed by atoms with Crippen LogP contribution in [0, 0.1) is 0 Å². The van der Waals surface area contributed by atoms with Crippen molar-refractivity contribution in [2.24, 2.45) is 0 Å². The third-order valence-electron chi connectivity index (χ3n) is 2.88. The Kier molecular flexibility index (Phi) is 5.11. The molecule has 6 nitrogen and oxygen atoms in total. The zero-order valence-corrected chi connectivity index (χ0v) is 11.3. The number of aromatic carboxylic acids is 1. The molecule has 1 aromatic carbocycles. The minimum Gasteiger partial charge on any atom is -0.478 e. The van der Waals surface area contributed by atoms with Crippen LogP contribution in [0.5, 0.6) is 0 Å². The second-order valence-corrected chi connectivity index (χ2v) is 4.43. The number of carboxylic acid groups (broad SMARTS) is 1. The van der Waals surface area contributed by atoms with Crippen LogP contribution >= 0.6 is 0 Å². The maximum absolute atomic E-state index is 11.6. The lowest BCUT2D eigenvalue weighted by Crippen LogP contribution is -2.33. The molecule has 0 unspecified atom stereocenters. The van der Waals surface area contributed by atoms with Gasteiger partial charge in [-0.1, -0.05) is 30.3 Å². The topological polar surface area (TPSA) is 91.6 Å². The minimum atomic E-state index is -1.05. The smallest absolute Gasteiger partial charge is 0.339 e. The molecule has 110 valence electrons. The third-order valence-corrected chi connectivity index (χ3v) is 2.88. The Hall–Kier alpha value is -2.60. The molecule has 21 heavy (non-hydrogen) atoms. The Bertz CT molecular complexity index is 607. The fraction of sp³-hybridized carbons (Fsp3) is 0.200. The van der Waals surface area contributed by atoms with E-state index in [1.54, 1.807) is 0 Å². The zero-order chi connectivity index (χ0) is 15.1. The van der Waals surface area contributed by atoms with E-state index in [0.717, 1.165) is 5.56 Å². The van der Waals surface area contributed by atoms with Gasteiger partial charge in [-0.15, -0.1) is 0 Å². The fourth-order valence-corrected chi connectivity index (χ4v) is 1.82. The highest BCUT2D eigenvalue weighted by atomic mass is 16.4. The molecule has 1 amide bonds. The van der Waals surface area contributed by atoms with Crippen molar-refractivity contribution in [1.82, 2.24) is 10.6 Å². The van der Waals surface area contributed by atoms with Crippen LogP contribution in [0.1, 0.15) is 21.7 Å². The van der Waals surface area contributed by atoms with Gasteiger partial charge in [-0.05, 0) is 11.6 Å². The molecule has 0 saturated carbocycles. The molecular weight excluding hydrogens is 272 g/mol. The van der Waals surface area contributed by atoms with Crippen molar-refractivity contribution >= 4 is 11.9 Å². The zero-order valence-electron chi connectivity index (χ0n) is 11.3. The number of furan rings is 1. The lowest BCUT2D eigenvalue weighted by Gasteiger charge is -2.06. The molecular formula is C15H16N2O4. The first kappa shape index (κ1) is 14.8. The van der Waals surface area contributed by atoms with Crippen LogP contribution in [0.2, 0.25) is 0 Å². The van der Waals surface area contributed by atoms with Crippen LogP contribution in [0.4, 0.5) is 0 Å². The van der Waals surface area contributed by atoms with Gasteiger partial charge in [0.2, 0.25) is 5.91 Å². The van der Waals surface area contributed by atoms with Crippen molar-refractivity contribution in [3.05, 3.63) is 59.5 Å². The molecule has 1 aromatic heterocycles. The normalized spacial score (nSPS) is 10.3. The van der Waals surface area contributed by atoms with Gasteiger partial charge in [-0.3, -0.25) is 4.79 Å². The number of benzene rings is 1. The Morgan fingerprint density at radius 2 is 1.86 bits per heavy atom. The summed E-state index contributed by atoms with van der Waals surface area (Å²) < 4.78 is 5.06. The standard InChI is InChI=1S/C15H16N2O4/c18-14(17-8-11-4-2-1-3-5-11)10-16-9-13-12(15(19)20)6-7-21-13/h1-7,16H,8-10H2,(H,17,18)(H,19,20). The molecule has 2 aromatic rings. The molecule has 2 rings (SSSR count). The van der Waals surface area contributed by atoms with Crippen molar-refractivity contribution in [3.8, 4) is 0 Å². The summed E-state index contributed by atoms with van der Waals surface area (Å²) in [6.07, 6.45) is 1.32. The first-order valence-electron chi connectivity index (χ1n) is 6.48. The Labute approximate surface area is 121 Å². The van der Waals surface area contributed by atoms with Gasteiger partial charge < -0.3 is 20.2 Å². The van der Waals surface area contributed by atoms with Gasteiger partial charge >= 0.3 is 5.97 Å². The van der Waals surface area contributed by atoms with E-state index < -0.39 is 5.97 Å². The fourth-order valence-electron chi connectivity index (χ4n) is 1.82. The summed E-state index contributed by atoms with van der Waals surface area (Å²) in [5, 5.41) is 14.5. The number of carboxylic acids is 1. The van der Waals surface area contributed by atoms with E-state index in [2.05, 4.69) is 10.6 Å². The van der Waals surface area contributed by atoms with Gasteiger partial charge in [0.15, 0.2) is 0 Å². The molecule has 0 radical (unpaired) electrons. The molecule has 0 bridgehead atoms. The van der Waals surface area contributed by atoms with Gasteiger partial charge in [-0.2, -0.15) is 0 Å². The number of nitrogens with one attached hydrogen (secondary N) is 2. The number of carbonyl (C=O) groups is 2. The minimum absolute atomic E-state index is 0.0899. The summed E-state index contributed by atoms with van der Waals surface area (Å²) in [5.41, 5.74) is 1.12. The summed E-state index contributed by atoms with van der Waals surface area (Å²) >= 11 is 0. The van der Waals surface area contributed by atoms with Crippen LogP contribution in [0.15, 0.2) is 47.1 Å². The first-order chi connectivity index (χ1) is 10.2. The van der Waals surface area contributed by atoms with Gasteiger partial charge in [-0.25, -0.2) is 4.79 Å². The molecule has 3 N–H and O–H groups in total. The predicted molar refractivity (Wildman–Crippen MR) is 75.7 cm³/mol. The molecule has 0 atom stereocenters. The van der Waals surface area contributed by atoms with E-state index in [9.17, 15) is 9.59 Å². The monoisotopic (exact) mass is 288 g/mol. The van der Waals surface area contributed by atoms with E-state index in [0.29, 0.717) is 12.3 Å². The van der Waals surface area contributed by atoms with Crippen molar-refractivity contribution in [2.75, 3.05) is 6.54 Å². The number of rotatable bonds is 7. The first-order valence-corrected chi connectivity index (χ1v) is 6.48. The number of hydrogen-bond donors (Lipinski definition) is 3. The van der Waals surface area contributed by atoms with Crippen molar-refractivity contribution in [1.29, 1.82) is 0 Å². The highest BCUT2D eigenvalue weighted by Crippen LogP contribution is 2.09.